The minimum Gasteiger partial charge on any atom is -0.476 e. The molecule has 4 atom stereocenters. The van der Waals surface area contributed by atoms with Crippen LogP contribution in [0.25, 0.3) is 16.1 Å². The van der Waals surface area contributed by atoms with Crippen molar-refractivity contribution >= 4 is 56.9 Å². The Morgan fingerprint density at radius 1 is 1.10 bits per heavy atom. The molecule has 5 aromatic rings. The summed E-state index contributed by atoms with van der Waals surface area (Å²) in [6.45, 7) is 14.7. The summed E-state index contributed by atoms with van der Waals surface area (Å²) in [4.78, 5) is 63.8. The molecule has 0 bridgehead atoms. The Bertz CT molecular complexity index is 2700. The first-order valence-corrected chi connectivity index (χ1v) is 25.8. The number of rotatable bonds is 17. The van der Waals surface area contributed by atoms with E-state index in [1.807, 2.05) is 57.5 Å². The highest BCUT2D eigenvalue weighted by molar-refractivity contribution is 7.16. The van der Waals surface area contributed by atoms with Crippen LogP contribution in [-0.2, 0) is 32.8 Å². The van der Waals surface area contributed by atoms with Crippen molar-refractivity contribution < 1.29 is 23.6 Å². The van der Waals surface area contributed by atoms with E-state index in [0.717, 1.165) is 96.8 Å². The predicted octanol–water partition coefficient (Wildman–Crippen LogP) is 7.38. The monoisotopic (exact) mass is 973 g/mol. The van der Waals surface area contributed by atoms with Crippen LogP contribution < -0.4 is 26.4 Å². The van der Waals surface area contributed by atoms with Crippen LogP contribution in [0, 0.1) is 24.2 Å². The summed E-state index contributed by atoms with van der Waals surface area (Å²) in [6.07, 6.45) is 9.38. The average Bonchev–Trinajstić information content (AvgIpc) is 4.15. The van der Waals surface area contributed by atoms with Crippen molar-refractivity contribution in [3.05, 3.63) is 92.9 Å². The fourth-order valence-electron chi connectivity index (χ4n) is 10.1. The highest BCUT2D eigenvalue weighted by Gasteiger charge is 2.43. The molecule has 6 heterocycles. The van der Waals surface area contributed by atoms with Crippen molar-refractivity contribution in [1.29, 1.82) is 5.26 Å². The standard InChI is InChI=1S/C51H63N11O5S2/c1-31(2)44(49(65)62-22-9-11-39(62)48(64)56-28-34-13-15-35(16-14-34)46-33(4)57-30-68-46)40-26-43(59-67-40)66-24-7-6-20-60-21-10-23-61(32(3)29-60)50-55-19-17-38(58-50)37(53)25-42(63)51(5)18-8-12-41-45(51)36(27-52)47(54)69-41/h13-17,19,25-26,30-32,39,44H,6-12,18,20-24,28-29,53-54H2,1-5H3,(H,56,64)/t32-,39-,44?,51+/m0/s1. The van der Waals surface area contributed by atoms with Gasteiger partial charge < -0.3 is 40.7 Å². The number of unbranched alkanes of at least 4 members (excludes halogenated alkanes) is 1. The van der Waals surface area contributed by atoms with Crippen molar-refractivity contribution in [3.8, 4) is 22.4 Å². The number of carbonyl (C=O) groups is 3. The average molecular weight is 974 g/mol. The van der Waals surface area contributed by atoms with Crippen LogP contribution in [0.2, 0.25) is 0 Å². The second kappa shape index (κ2) is 21.6. The lowest BCUT2D eigenvalue weighted by Gasteiger charge is -2.32. The topological polar surface area (TPSA) is 223 Å². The largest absolute Gasteiger partial charge is 0.476 e. The van der Waals surface area contributed by atoms with Gasteiger partial charge in [-0.1, -0.05) is 38.1 Å². The minimum absolute atomic E-state index is 0.0942. The van der Waals surface area contributed by atoms with E-state index in [1.54, 1.807) is 34.6 Å². The molecular weight excluding hydrogens is 911 g/mol. The Hall–Kier alpha value is -6.16. The van der Waals surface area contributed by atoms with Gasteiger partial charge in [0, 0.05) is 55.4 Å². The molecule has 2 fully saturated rings. The fourth-order valence-corrected chi connectivity index (χ4v) is 12.1. The number of carbonyl (C=O) groups excluding carboxylic acids is 3. The molecule has 1 unspecified atom stereocenters. The number of nitrogens with zero attached hydrogens (tertiary/aromatic N) is 8. The predicted molar refractivity (Wildman–Crippen MR) is 268 cm³/mol. The Balaban J connectivity index is 0.793. The lowest BCUT2D eigenvalue weighted by atomic mass is 9.69. The first kappa shape index (κ1) is 49.3. The van der Waals surface area contributed by atoms with Crippen molar-refractivity contribution in [2.75, 3.05) is 50.0 Å². The maximum atomic E-state index is 14.1. The van der Waals surface area contributed by atoms with Crippen molar-refractivity contribution in [2.45, 2.75) is 116 Å². The zero-order valence-electron chi connectivity index (χ0n) is 40.2. The molecule has 8 rings (SSSR count). The van der Waals surface area contributed by atoms with Crippen molar-refractivity contribution in [2.24, 2.45) is 11.7 Å². The van der Waals surface area contributed by atoms with Gasteiger partial charge in [0.15, 0.2) is 11.5 Å². The van der Waals surface area contributed by atoms with Crippen LogP contribution in [0.15, 0.2) is 58.7 Å². The van der Waals surface area contributed by atoms with E-state index >= 15 is 0 Å². The van der Waals surface area contributed by atoms with Gasteiger partial charge >= 0.3 is 0 Å². The van der Waals surface area contributed by atoms with E-state index < -0.39 is 17.4 Å². The summed E-state index contributed by atoms with van der Waals surface area (Å²) in [5.41, 5.74) is 18.7. The number of thiophene rings is 1. The number of aromatic nitrogens is 4. The molecule has 16 nitrogen and oxygen atoms in total. The van der Waals surface area contributed by atoms with E-state index in [4.69, 9.17) is 25.7 Å². The Morgan fingerprint density at radius 2 is 1.91 bits per heavy atom. The van der Waals surface area contributed by atoms with Crippen LogP contribution >= 0.6 is 22.7 Å². The van der Waals surface area contributed by atoms with Crippen LogP contribution in [0.1, 0.15) is 117 Å². The molecule has 364 valence electrons. The highest BCUT2D eigenvalue weighted by Crippen LogP contribution is 2.46. The molecule has 18 heteroatoms. The van der Waals surface area contributed by atoms with E-state index in [9.17, 15) is 19.6 Å². The maximum Gasteiger partial charge on any atom is 0.254 e. The second-order valence-electron chi connectivity index (χ2n) is 19.1. The number of nitrogens with two attached hydrogens (primary N) is 2. The molecule has 69 heavy (non-hydrogen) atoms. The van der Waals surface area contributed by atoms with Crippen molar-refractivity contribution in [3.63, 3.8) is 0 Å². The molecule has 2 aliphatic heterocycles. The lowest BCUT2D eigenvalue weighted by Crippen LogP contribution is -2.47. The summed E-state index contributed by atoms with van der Waals surface area (Å²) >= 11 is 3.01. The molecule has 5 N–H and O–H groups in total. The number of nitriles is 1. The molecule has 1 aliphatic carbocycles. The smallest absolute Gasteiger partial charge is 0.254 e. The number of fused-ring (bicyclic) bond motifs is 1. The Labute approximate surface area is 412 Å². The normalized spacial score (nSPS) is 20.3. The van der Waals surface area contributed by atoms with Crippen molar-refractivity contribution in [1.82, 2.24) is 35.2 Å². The summed E-state index contributed by atoms with van der Waals surface area (Å²) < 4.78 is 11.8. The van der Waals surface area contributed by atoms with Gasteiger partial charge in [-0.3, -0.25) is 14.4 Å². The summed E-state index contributed by atoms with van der Waals surface area (Å²) in [5, 5.41) is 17.5. The number of aryl methyl sites for hydroxylation is 2. The Kier molecular flexibility index (Phi) is 15.5. The number of ether oxygens (including phenoxy) is 1. The third-order valence-corrected chi connectivity index (χ3v) is 15.9. The number of hydrogen-bond donors (Lipinski definition) is 3. The Morgan fingerprint density at radius 3 is 2.67 bits per heavy atom. The first-order valence-electron chi connectivity index (χ1n) is 24.1. The summed E-state index contributed by atoms with van der Waals surface area (Å²) in [5.74, 6) is 0.184. The molecule has 3 aliphatic rings. The molecule has 0 saturated carbocycles. The first-order chi connectivity index (χ1) is 33.2. The van der Waals surface area contributed by atoms with Gasteiger partial charge in [-0.2, -0.15) is 5.26 Å². The third kappa shape index (κ3) is 10.9. The van der Waals surface area contributed by atoms with Crippen LogP contribution in [0.3, 0.4) is 0 Å². The number of nitrogens with one attached hydrogen (secondary N) is 1. The minimum atomic E-state index is -0.889. The summed E-state index contributed by atoms with van der Waals surface area (Å²) in [7, 11) is 0. The van der Waals surface area contributed by atoms with Gasteiger partial charge in [-0.05, 0) is 119 Å². The number of anilines is 2. The molecule has 1 aromatic carbocycles. The van der Waals surface area contributed by atoms with Gasteiger partial charge in [0.05, 0.1) is 45.1 Å². The molecule has 0 radical (unpaired) electrons. The van der Waals surface area contributed by atoms with Gasteiger partial charge in [0.25, 0.3) is 5.88 Å². The molecule has 2 saturated heterocycles. The zero-order valence-corrected chi connectivity index (χ0v) is 41.8. The second-order valence-corrected chi connectivity index (χ2v) is 21.0. The molecule has 2 amide bonds. The number of benzene rings is 1. The lowest BCUT2D eigenvalue weighted by molar-refractivity contribution is -0.140. The van der Waals surface area contributed by atoms with Crippen LogP contribution in [0.4, 0.5) is 10.9 Å². The summed E-state index contributed by atoms with van der Waals surface area (Å²) in [6, 6.07) is 13.4. The number of nitrogen functional groups attached to an aromatic ring is 1. The quantitative estimate of drug-likeness (QED) is 0.0611. The number of allylic oxidation sites excluding steroid dienone is 1. The molecular formula is C51H63N11O5S2. The number of amides is 2. The van der Waals surface area contributed by atoms with Gasteiger partial charge in [0.2, 0.25) is 17.8 Å². The molecule has 4 aromatic heterocycles. The number of hydrogen-bond acceptors (Lipinski definition) is 16. The van der Waals surface area contributed by atoms with E-state index in [2.05, 4.69) is 43.2 Å². The van der Waals surface area contributed by atoms with Crippen LogP contribution in [0.5, 0.6) is 5.88 Å². The SMILES string of the molecule is Cc1ncsc1-c1ccc(CNC(=O)[C@@H]2CCCN2C(=O)C(c2cc(OCCCCN3CCCN(c4nccc(C(N)=CC(=O)[C@@]5(C)CCCc6sc(N)c(C#N)c65)n4)[C@@H](C)C3)no2)C(C)C)cc1. The molecule has 0 spiro atoms. The fraction of sp³-hybridized carbons (Fsp3) is 0.490. The number of ketones is 1. The number of thiazole rings is 1. The number of likely N-dealkylation sites (tertiary alicyclic amines) is 1. The highest BCUT2D eigenvalue weighted by atomic mass is 32.1. The maximum absolute atomic E-state index is 14.1. The van der Waals surface area contributed by atoms with E-state index in [-0.39, 0.29) is 35.3 Å². The zero-order chi connectivity index (χ0) is 48.8. The van der Waals surface area contributed by atoms with Crippen LogP contribution in [-0.4, -0.2) is 98.9 Å². The van der Waals surface area contributed by atoms with Gasteiger partial charge in [0.1, 0.15) is 23.0 Å². The van der Waals surface area contributed by atoms with E-state index in [1.165, 1.54) is 17.4 Å². The van der Waals surface area contributed by atoms with Gasteiger partial charge in [-0.15, -0.1) is 22.7 Å². The third-order valence-electron chi connectivity index (χ3n) is 13.8. The van der Waals surface area contributed by atoms with E-state index in [0.29, 0.717) is 66.4 Å². The van der Waals surface area contributed by atoms with Gasteiger partial charge in [-0.25, -0.2) is 15.0 Å².